The van der Waals surface area contributed by atoms with Gasteiger partial charge in [0.1, 0.15) is 5.75 Å². The van der Waals surface area contributed by atoms with Gasteiger partial charge in [0, 0.05) is 5.54 Å². The van der Waals surface area contributed by atoms with Gasteiger partial charge in [-0.1, -0.05) is 0 Å². The van der Waals surface area contributed by atoms with Crippen LogP contribution in [0, 0.1) is 0 Å². The maximum atomic E-state index is 11.0. The fourth-order valence-corrected chi connectivity index (χ4v) is 2.07. The molecule has 0 radical (unpaired) electrons. The molecule has 0 rings (SSSR count). The van der Waals surface area contributed by atoms with Gasteiger partial charge in [-0.15, -0.1) is 0 Å². The third-order valence-corrected chi connectivity index (χ3v) is 2.38. The lowest BCUT2D eigenvalue weighted by molar-refractivity contribution is -0.115. The summed E-state index contributed by atoms with van der Waals surface area (Å²) in [5, 5.41) is 0. The Morgan fingerprint density at radius 3 is 2.08 bits per heavy atom. The van der Waals surface area contributed by atoms with Crippen LogP contribution in [0.5, 0.6) is 0 Å². The Labute approximate surface area is 72.4 Å². The molecule has 5 nitrogen and oxygen atoms in total. The lowest BCUT2D eigenvalue weighted by Gasteiger charge is -2.19. The van der Waals surface area contributed by atoms with Gasteiger partial charge in [-0.25, -0.2) is 13.1 Å². The molecule has 0 aromatic carbocycles. The van der Waals surface area contributed by atoms with Crippen LogP contribution in [0.15, 0.2) is 0 Å². The van der Waals surface area contributed by atoms with E-state index in [9.17, 15) is 13.2 Å². The second-order valence-electron chi connectivity index (χ2n) is 3.58. The van der Waals surface area contributed by atoms with E-state index in [1.54, 1.807) is 20.8 Å². The molecule has 0 saturated carbocycles. The summed E-state index contributed by atoms with van der Waals surface area (Å²) < 4.78 is 24.4. The zero-order valence-corrected chi connectivity index (χ0v) is 8.23. The van der Waals surface area contributed by atoms with Gasteiger partial charge in [0.15, 0.2) is 0 Å². The monoisotopic (exact) mass is 194 g/mol. The summed E-state index contributed by atoms with van der Waals surface area (Å²) in [7, 11) is -3.56. The predicted molar refractivity (Wildman–Crippen MR) is 45.9 cm³/mol. The molecular formula is C6H14N2O3S. The van der Waals surface area contributed by atoms with Crippen LogP contribution in [0.25, 0.3) is 0 Å². The summed E-state index contributed by atoms with van der Waals surface area (Å²) in [6.07, 6.45) is 0. The molecule has 0 fully saturated rings. The number of nitrogens with one attached hydrogen (secondary N) is 1. The Kier molecular flexibility index (Phi) is 3.23. The van der Waals surface area contributed by atoms with Crippen molar-refractivity contribution in [2.75, 3.05) is 5.75 Å². The minimum Gasteiger partial charge on any atom is -0.369 e. The van der Waals surface area contributed by atoms with Crippen LogP contribution in [0.4, 0.5) is 0 Å². The number of amides is 1. The maximum Gasteiger partial charge on any atom is 0.234 e. The van der Waals surface area contributed by atoms with Crippen LogP contribution >= 0.6 is 0 Å². The van der Waals surface area contributed by atoms with Crippen LogP contribution in [0.2, 0.25) is 0 Å². The molecular weight excluding hydrogens is 180 g/mol. The van der Waals surface area contributed by atoms with Crippen molar-refractivity contribution in [1.29, 1.82) is 0 Å². The van der Waals surface area contributed by atoms with Gasteiger partial charge in [0.2, 0.25) is 15.9 Å². The molecule has 0 saturated heterocycles. The quantitative estimate of drug-likeness (QED) is 0.615. The van der Waals surface area contributed by atoms with E-state index in [2.05, 4.69) is 4.72 Å². The van der Waals surface area contributed by atoms with Crippen molar-refractivity contribution in [1.82, 2.24) is 4.72 Å². The van der Waals surface area contributed by atoms with E-state index in [0.717, 1.165) is 0 Å². The Hall–Kier alpha value is -0.620. The number of hydrogen-bond donors (Lipinski definition) is 2. The number of sulfonamides is 1. The van der Waals surface area contributed by atoms with Gasteiger partial charge in [0.05, 0.1) is 0 Å². The highest BCUT2D eigenvalue weighted by atomic mass is 32.2. The average Bonchev–Trinajstić information content (AvgIpc) is 1.48. The first kappa shape index (κ1) is 11.4. The highest BCUT2D eigenvalue weighted by Gasteiger charge is 2.21. The normalized spacial score (nSPS) is 12.9. The van der Waals surface area contributed by atoms with E-state index in [-0.39, 0.29) is 0 Å². The Morgan fingerprint density at radius 2 is 1.83 bits per heavy atom. The van der Waals surface area contributed by atoms with Crippen LogP contribution < -0.4 is 10.5 Å². The minimum absolute atomic E-state index is 0.575. The second kappa shape index (κ2) is 3.40. The lowest BCUT2D eigenvalue weighted by atomic mass is 10.1. The third-order valence-electron chi connectivity index (χ3n) is 0.794. The summed E-state index contributed by atoms with van der Waals surface area (Å²) >= 11 is 0. The van der Waals surface area contributed by atoms with Crippen molar-refractivity contribution in [3.8, 4) is 0 Å². The van der Waals surface area contributed by atoms with Gasteiger partial charge in [-0.05, 0) is 20.8 Å². The maximum absolute atomic E-state index is 11.0. The van der Waals surface area contributed by atoms with Gasteiger partial charge in [-0.2, -0.15) is 0 Å². The first-order valence-electron chi connectivity index (χ1n) is 3.42. The topological polar surface area (TPSA) is 89.3 Å². The van der Waals surface area contributed by atoms with Crippen molar-refractivity contribution in [2.24, 2.45) is 5.73 Å². The number of hydrogen-bond acceptors (Lipinski definition) is 3. The van der Waals surface area contributed by atoms with E-state index in [1.807, 2.05) is 0 Å². The van der Waals surface area contributed by atoms with Gasteiger partial charge >= 0.3 is 0 Å². The molecule has 0 heterocycles. The van der Waals surface area contributed by atoms with Gasteiger partial charge < -0.3 is 5.73 Å². The third kappa shape index (κ3) is 6.11. The number of carbonyl (C=O) groups excluding carboxylic acids is 1. The number of primary amides is 1. The Morgan fingerprint density at radius 1 is 1.42 bits per heavy atom. The molecule has 0 spiro atoms. The molecule has 6 heteroatoms. The highest BCUT2D eigenvalue weighted by Crippen LogP contribution is 2.01. The summed E-state index contributed by atoms with van der Waals surface area (Å²) in [6.45, 7) is 5.06. The van der Waals surface area contributed by atoms with Crippen LogP contribution in [-0.4, -0.2) is 25.6 Å². The largest absolute Gasteiger partial charge is 0.369 e. The average molecular weight is 194 g/mol. The summed E-state index contributed by atoms with van der Waals surface area (Å²) in [5.74, 6) is -1.52. The molecule has 0 bridgehead atoms. The smallest absolute Gasteiger partial charge is 0.234 e. The van der Waals surface area contributed by atoms with E-state index < -0.39 is 27.2 Å². The summed E-state index contributed by atoms with van der Waals surface area (Å²) in [6, 6.07) is 0. The molecule has 0 atom stereocenters. The minimum atomic E-state index is -3.56. The predicted octanol–water partition coefficient (Wildman–Crippen LogP) is -0.810. The molecule has 0 aromatic rings. The standard InChI is InChI=1S/C6H14N2O3S/c1-6(2,3)8-12(10,11)4-5(7)9/h8H,4H2,1-3H3,(H2,7,9). The SMILES string of the molecule is CC(C)(C)NS(=O)(=O)CC(N)=O. The number of rotatable bonds is 3. The molecule has 12 heavy (non-hydrogen) atoms. The molecule has 72 valence electrons. The van der Waals surface area contributed by atoms with Crippen LogP contribution in [-0.2, 0) is 14.8 Å². The molecule has 0 aliphatic heterocycles. The number of carbonyl (C=O) groups is 1. The highest BCUT2D eigenvalue weighted by molar-refractivity contribution is 7.90. The van der Waals surface area contributed by atoms with E-state index in [1.165, 1.54) is 0 Å². The van der Waals surface area contributed by atoms with Gasteiger partial charge in [0.25, 0.3) is 0 Å². The van der Waals surface area contributed by atoms with E-state index >= 15 is 0 Å². The van der Waals surface area contributed by atoms with Crippen molar-refractivity contribution < 1.29 is 13.2 Å². The second-order valence-corrected chi connectivity index (χ2v) is 5.30. The first-order chi connectivity index (χ1) is 5.12. The fourth-order valence-electron chi connectivity index (χ4n) is 0.690. The molecule has 1 amide bonds. The molecule has 0 aliphatic carbocycles. The van der Waals surface area contributed by atoms with Gasteiger partial charge in [-0.3, -0.25) is 4.79 Å². The molecule has 0 aliphatic rings. The zero-order chi connectivity index (χ0) is 9.99. The summed E-state index contributed by atoms with van der Waals surface area (Å²) in [4.78, 5) is 10.3. The fraction of sp³-hybridized carbons (Fsp3) is 0.833. The van der Waals surface area contributed by atoms with Crippen LogP contribution in [0.3, 0.4) is 0 Å². The molecule has 0 aromatic heterocycles. The van der Waals surface area contributed by atoms with Crippen molar-refractivity contribution in [2.45, 2.75) is 26.3 Å². The summed E-state index contributed by atoms with van der Waals surface area (Å²) in [5.41, 5.74) is 4.16. The van der Waals surface area contributed by atoms with Crippen molar-refractivity contribution >= 4 is 15.9 Å². The van der Waals surface area contributed by atoms with Crippen molar-refractivity contribution in [3.05, 3.63) is 0 Å². The first-order valence-corrected chi connectivity index (χ1v) is 5.07. The Balaban J connectivity index is 4.36. The van der Waals surface area contributed by atoms with E-state index in [0.29, 0.717) is 0 Å². The van der Waals surface area contributed by atoms with E-state index in [4.69, 9.17) is 5.73 Å². The molecule has 0 unspecified atom stereocenters. The van der Waals surface area contributed by atoms with Crippen LogP contribution in [0.1, 0.15) is 20.8 Å². The number of nitrogens with two attached hydrogens (primary N) is 1. The van der Waals surface area contributed by atoms with Crippen molar-refractivity contribution in [3.63, 3.8) is 0 Å². The zero-order valence-electron chi connectivity index (χ0n) is 7.42. The lowest BCUT2D eigenvalue weighted by Crippen LogP contribution is -2.44. The molecule has 3 N–H and O–H groups in total. The Bertz CT molecular complexity index is 263.